The van der Waals surface area contributed by atoms with E-state index in [9.17, 15) is 13.5 Å². The number of hydrogen-bond acceptors (Lipinski definition) is 4. The summed E-state index contributed by atoms with van der Waals surface area (Å²) in [5, 5.41) is 11.1. The summed E-state index contributed by atoms with van der Waals surface area (Å²) in [5.41, 5.74) is 0. The minimum absolute atomic E-state index is 0.349. The van der Waals surface area contributed by atoms with Gasteiger partial charge in [0.15, 0.2) is 0 Å². The van der Waals surface area contributed by atoms with Gasteiger partial charge in [-0.1, -0.05) is 13.8 Å². The minimum atomic E-state index is -3.37. The van der Waals surface area contributed by atoms with Crippen molar-refractivity contribution in [2.24, 2.45) is 0 Å². The predicted molar refractivity (Wildman–Crippen MR) is 72.4 cm³/mol. The van der Waals surface area contributed by atoms with Gasteiger partial charge in [-0.2, -0.15) is 4.31 Å². The average molecular weight is 289 g/mol. The van der Waals surface area contributed by atoms with Gasteiger partial charge in [0.25, 0.3) is 0 Å². The molecule has 18 heavy (non-hydrogen) atoms. The highest BCUT2D eigenvalue weighted by molar-refractivity contribution is 7.89. The van der Waals surface area contributed by atoms with Crippen molar-refractivity contribution in [2.45, 2.75) is 43.6 Å². The fourth-order valence-electron chi connectivity index (χ4n) is 2.00. The van der Waals surface area contributed by atoms with Crippen molar-refractivity contribution >= 4 is 21.4 Å². The largest absolute Gasteiger partial charge is 0.393 e. The molecule has 0 aliphatic carbocycles. The third-order valence-electron chi connectivity index (χ3n) is 3.23. The van der Waals surface area contributed by atoms with Crippen molar-refractivity contribution in [3.8, 4) is 0 Å². The van der Waals surface area contributed by atoms with Crippen molar-refractivity contribution in [2.75, 3.05) is 13.1 Å². The lowest BCUT2D eigenvalue weighted by Gasteiger charge is -2.28. The van der Waals surface area contributed by atoms with Crippen LogP contribution in [0.2, 0.25) is 0 Å². The standard InChI is InChI=1S/C12H19NO3S2/c1-9(2)12-7-11(8-17-12)18(15,16)13-5-3-10(14)4-6-13/h7-10,14H,3-6H2,1-2H3. The predicted octanol–water partition coefficient (Wildman–Crippen LogP) is 2.02. The van der Waals surface area contributed by atoms with Crippen LogP contribution in [0.5, 0.6) is 0 Å². The first-order valence-electron chi connectivity index (χ1n) is 6.18. The molecule has 0 unspecified atom stereocenters. The zero-order valence-electron chi connectivity index (χ0n) is 10.7. The van der Waals surface area contributed by atoms with Gasteiger partial charge in [0, 0.05) is 23.3 Å². The maximum absolute atomic E-state index is 12.4. The molecule has 1 fully saturated rings. The first kappa shape index (κ1) is 14.0. The lowest BCUT2D eigenvalue weighted by atomic mass is 10.1. The van der Waals surface area contributed by atoms with Crippen LogP contribution in [0.4, 0.5) is 0 Å². The molecule has 0 saturated carbocycles. The molecule has 4 nitrogen and oxygen atoms in total. The Hall–Kier alpha value is -0.430. The molecule has 0 atom stereocenters. The molecular weight excluding hydrogens is 270 g/mol. The van der Waals surface area contributed by atoms with E-state index < -0.39 is 10.0 Å². The minimum Gasteiger partial charge on any atom is -0.393 e. The molecule has 0 spiro atoms. The first-order chi connectivity index (χ1) is 8.41. The highest BCUT2D eigenvalue weighted by Gasteiger charge is 2.29. The smallest absolute Gasteiger partial charge is 0.243 e. The van der Waals surface area contributed by atoms with E-state index in [1.165, 1.54) is 15.6 Å². The van der Waals surface area contributed by atoms with Crippen molar-refractivity contribution < 1.29 is 13.5 Å². The SMILES string of the molecule is CC(C)c1cc(S(=O)(=O)N2CCC(O)CC2)cs1. The van der Waals surface area contributed by atoms with Crippen LogP contribution < -0.4 is 0 Å². The fourth-order valence-corrected chi connectivity index (χ4v) is 4.76. The Kier molecular flexibility index (Phi) is 4.11. The Bertz CT molecular complexity index is 499. The number of nitrogens with zero attached hydrogens (tertiary/aromatic N) is 1. The number of aliphatic hydroxyl groups is 1. The lowest BCUT2D eigenvalue weighted by molar-refractivity contribution is 0.113. The molecule has 6 heteroatoms. The second kappa shape index (κ2) is 5.28. The topological polar surface area (TPSA) is 57.6 Å². The van der Waals surface area contributed by atoms with E-state index in [2.05, 4.69) is 13.8 Å². The molecule has 2 rings (SSSR count). The van der Waals surface area contributed by atoms with Crippen molar-refractivity contribution in [1.82, 2.24) is 4.31 Å². The van der Waals surface area contributed by atoms with E-state index in [-0.39, 0.29) is 6.10 Å². The number of piperidine rings is 1. The molecule has 1 aliphatic heterocycles. The average Bonchev–Trinajstić information content (AvgIpc) is 2.79. The van der Waals surface area contributed by atoms with Crippen LogP contribution in [0.1, 0.15) is 37.5 Å². The van der Waals surface area contributed by atoms with E-state index in [0.717, 1.165) is 4.88 Å². The summed E-state index contributed by atoms with van der Waals surface area (Å²) in [6, 6.07) is 1.77. The molecule has 0 bridgehead atoms. The van der Waals surface area contributed by atoms with E-state index in [1.54, 1.807) is 11.4 Å². The summed E-state index contributed by atoms with van der Waals surface area (Å²) in [6.07, 6.45) is 0.700. The maximum atomic E-state index is 12.4. The highest BCUT2D eigenvalue weighted by Crippen LogP contribution is 2.28. The molecule has 1 N–H and O–H groups in total. The Morgan fingerprint density at radius 3 is 2.50 bits per heavy atom. The molecule has 1 aromatic rings. The Balaban J connectivity index is 2.19. The zero-order valence-corrected chi connectivity index (χ0v) is 12.3. The normalized spacial score (nSPS) is 19.6. The number of aliphatic hydroxyl groups excluding tert-OH is 1. The third kappa shape index (κ3) is 2.77. The van der Waals surface area contributed by atoms with Gasteiger partial charge in [-0.05, 0) is 24.8 Å². The highest BCUT2D eigenvalue weighted by atomic mass is 32.2. The summed E-state index contributed by atoms with van der Waals surface area (Å²) in [4.78, 5) is 1.48. The van der Waals surface area contributed by atoms with E-state index >= 15 is 0 Å². The van der Waals surface area contributed by atoms with Crippen molar-refractivity contribution in [1.29, 1.82) is 0 Å². The number of sulfonamides is 1. The van der Waals surface area contributed by atoms with E-state index in [1.807, 2.05) is 0 Å². The van der Waals surface area contributed by atoms with Gasteiger partial charge in [0.2, 0.25) is 10.0 Å². The molecule has 0 radical (unpaired) electrons. The second-order valence-electron chi connectivity index (χ2n) is 4.97. The van der Waals surface area contributed by atoms with E-state index in [0.29, 0.717) is 36.7 Å². The lowest BCUT2D eigenvalue weighted by Crippen LogP contribution is -2.39. The van der Waals surface area contributed by atoms with Crippen LogP contribution >= 0.6 is 11.3 Å². The molecule has 1 aromatic heterocycles. The molecule has 0 amide bonds. The summed E-state index contributed by atoms with van der Waals surface area (Å²) in [7, 11) is -3.37. The van der Waals surface area contributed by atoms with Crippen molar-refractivity contribution in [3.05, 3.63) is 16.3 Å². The third-order valence-corrected chi connectivity index (χ3v) is 6.48. The summed E-state index contributed by atoms with van der Waals surface area (Å²) in [6.45, 7) is 4.94. The van der Waals surface area contributed by atoms with Crippen LogP contribution in [0.3, 0.4) is 0 Å². The van der Waals surface area contributed by atoms with Gasteiger partial charge >= 0.3 is 0 Å². The monoisotopic (exact) mass is 289 g/mol. The van der Waals surface area contributed by atoms with Crippen LogP contribution in [-0.4, -0.2) is 37.0 Å². The molecular formula is C12H19NO3S2. The zero-order chi connectivity index (χ0) is 13.3. The molecule has 102 valence electrons. The Morgan fingerprint density at radius 1 is 1.39 bits per heavy atom. The first-order valence-corrected chi connectivity index (χ1v) is 8.50. The van der Waals surface area contributed by atoms with Gasteiger partial charge in [-0.3, -0.25) is 0 Å². The van der Waals surface area contributed by atoms with Crippen LogP contribution in [-0.2, 0) is 10.0 Å². The quantitative estimate of drug-likeness (QED) is 0.926. The van der Waals surface area contributed by atoms with Gasteiger partial charge in [0.05, 0.1) is 11.0 Å². The molecule has 1 saturated heterocycles. The van der Waals surface area contributed by atoms with Gasteiger partial charge in [0.1, 0.15) is 0 Å². The molecule has 0 aromatic carbocycles. The summed E-state index contributed by atoms with van der Waals surface area (Å²) in [5.74, 6) is 0.349. The number of hydrogen-bond donors (Lipinski definition) is 1. The molecule has 2 heterocycles. The van der Waals surface area contributed by atoms with E-state index in [4.69, 9.17) is 0 Å². The molecule has 1 aliphatic rings. The van der Waals surface area contributed by atoms with Crippen molar-refractivity contribution in [3.63, 3.8) is 0 Å². The van der Waals surface area contributed by atoms with Crippen LogP contribution in [0.15, 0.2) is 16.3 Å². The fraction of sp³-hybridized carbons (Fsp3) is 0.667. The van der Waals surface area contributed by atoms with Crippen LogP contribution in [0, 0.1) is 0 Å². The number of thiophene rings is 1. The number of rotatable bonds is 3. The van der Waals surface area contributed by atoms with Gasteiger partial charge in [-0.15, -0.1) is 11.3 Å². The summed E-state index contributed by atoms with van der Waals surface area (Å²) < 4.78 is 26.2. The van der Waals surface area contributed by atoms with Crippen LogP contribution in [0.25, 0.3) is 0 Å². The van der Waals surface area contributed by atoms with Gasteiger partial charge < -0.3 is 5.11 Å². The maximum Gasteiger partial charge on any atom is 0.243 e. The summed E-state index contributed by atoms with van der Waals surface area (Å²) >= 11 is 1.49. The Morgan fingerprint density at radius 2 is 2.00 bits per heavy atom. The van der Waals surface area contributed by atoms with Gasteiger partial charge in [-0.25, -0.2) is 8.42 Å². The second-order valence-corrected chi connectivity index (χ2v) is 7.86. The Labute approximate surface area is 112 Å².